The van der Waals surface area contributed by atoms with Crippen molar-refractivity contribution in [3.8, 4) is 5.75 Å². The molecule has 1 rings (SSSR count). The van der Waals surface area contributed by atoms with Gasteiger partial charge in [-0.05, 0) is 45.0 Å². The molecule has 0 heterocycles. The van der Waals surface area contributed by atoms with E-state index in [0.29, 0.717) is 13.1 Å². The van der Waals surface area contributed by atoms with Crippen LogP contribution in [0.1, 0.15) is 20.8 Å². The van der Waals surface area contributed by atoms with Crippen molar-refractivity contribution in [2.45, 2.75) is 26.8 Å². The lowest BCUT2D eigenvalue weighted by molar-refractivity contribution is -0.882. The zero-order valence-corrected chi connectivity index (χ0v) is 14.7. The van der Waals surface area contributed by atoms with Gasteiger partial charge in [-0.2, -0.15) is 0 Å². The van der Waals surface area contributed by atoms with Crippen molar-refractivity contribution >= 4 is 17.5 Å². The number of carbonyl (C=O) groups is 2. The molecule has 1 unspecified atom stereocenters. The standard InChI is InChI=1S/C17H27N3O3/c1-6-20(12-17(22)19(4)13(2)3)11-16(21)18-14-7-9-15(23-5)10-8-14/h7-10,13H,6,11-12H2,1-5H3,(H,18,21)/p+1. The summed E-state index contributed by atoms with van der Waals surface area (Å²) in [5, 5.41) is 2.84. The molecule has 0 aromatic heterocycles. The molecule has 0 saturated heterocycles. The minimum absolute atomic E-state index is 0.0501. The van der Waals surface area contributed by atoms with Gasteiger partial charge in [-0.1, -0.05) is 0 Å². The Morgan fingerprint density at radius 2 is 1.83 bits per heavy atom. The van der Waals surface area contributed by atoms with E-state index in [1.807, 2.05) is 20.8 Å². The van der Waals surface area contributed by atoms with Crippen molar-refractivity contribution in [1.29, 1.82) is 0 Å². The Bertz CT molecular complexity index is 514. The molecule has 2 N–H and O–H groups in total. The first-order chi connectivity index (χ1) is 10.9. The van der Waals surface area contributed by atoms with Gasteiger partial charge in [0.2, 0.25) is 0 Å². The van der Waals surface area contributed by atoms with Crippen molar-refractivity contribution in [3.05, 3.63) is 24.3 Å². The molecular weight excluding hydrogens is 294 g/mol. The van der Waals surface area contributed by atoms with E-state index in [1.165, 1.54) is 0 Å². The summed E-state index contributed by atoms with van der Waals surface area (Å²) in [4.78, 5) is 26.9. The van der Waals surface area contributed by atoms with Crippen LogP contribution < -0.4 is 15.0 Å². The molecule has 1 atom stereocenters. The van der Waals surface area contributed by atoms with E-state index in [2.05, 4.69) is 5.32 Å². The van der Waals surface area contributed by atoms with E-state index in [9.17, 15) is 9.59 Å². The topological polar surface area (TPSA) is 63.1 Å². The molecule has 6 heteroatoms. The number of rotatable bonds is 8. The number of carbonyl (C=O) groups excluding carboxylic acids is 2. The predicted molar refractivity (Wildman–Crippen MR) is 90.8 cm³/mol. The fourth-order valence-corrected chi connectivity index (χ4v) is 2.05. The molecule has 0 aliphatic carbocycles. The van der Waals surface area contributed by atoms with Crippen LogP contribution in [0.4, 0.5) is 5.69 Å². The van der Waals surface area contributed by atoms with Gasteiger partial charge < -0.3 is 19.9 Å². The molecule has 0 radical (unpaired) electrons. The number of methoxy groups -OCH3 is 1. The van der Waals surface area contributed by atoms with Crippen LogP contribution in [0.25, 0.3) is 0 Å². The Labute approximate surface area is 138 Å². The summed E-state index contributed by atoms with van der Waals surface area (Å²) in [5.41, 5.74) is 0.719. The van der Waals surface area contributed by atoms with Crippen molar-refractivity contribution in [2.24, 2.45) is 0 Å². The van der Waals surface area contributed by atoms with Gasteiger partial charge in [0, 0.05) is 18.8 Å². The molecule has 0 fully saturated rings. The first-order valence-electron chi connectivity index (χ1n) is 7.90. The van der Waals surface area contributed by atoms with Gasteiger partial charge in [0.05, 0.1) is 13.7 Å². The van der Waals surface area contributed by atoms with Crippen LogP contribution in [0.2, 0.25) is 0 Å². The largest absolute Gasteiger partial charge is 0.497 e. The highest BCUT2D eigenvalue weighted by molar-refractivity contribution is 5.91. The Balaban J connectivity index is 2.53. The maximum Gasteiger partial charge on any atom is 0.279 e. The van der Waals surface area contributed by atoms with Crippen LogP contribution in [0.3, 0.4) is 0 Å². The van der Waals surface area contributed by atoms with E-state index < -0.39 is 0 Å². The number of hydrogen-bond donors (Lipinski definition) is 2. The quantitative estimate of drug-likeness (QED) is 0.728. The van der Waals surface area contributed by atoms with Gasteiger partial charge in [0.1, 0.15) is 5.75 Å². The number of nitrogens with one attached hydrogen (secondary N) is 2. The SMILES string of the molecule is CC[NH+](CC(=O)Nc1ccc(OC)cc1)CC(=O)N(C)C(C)C. The van der Waals surface area contributed by atoms with Crippen molar-refractivity contribution in [2.75, 3.05) is 39.1 Å². The molecule has 0 aliphatic rings. The van der Waals surface area contributed by atoms with Crippen LogP contribution in [0.15, 0.2) is 24.3 Å². The van der Waals surface area contributed by atoms with Gasteiger partial charge in [-0.3, -0.25) is 9.59 Å². The molecule has 0 spiro atoms. The van der Waals surface area contributed by atoms with E-state index in [0.717, 1.165) is 16.3 Å². The number of benzene rings is 1. The summed E-state index contributed by atoms with van der Waals surface area (Å²) < 4.78 is 5.08. The number of amides is 2. The summed E-state index contributed by atoms with van der Waals surface area (Å²) in [6.45, 7) is 7.22. The minimum atomic E-state index is -0.105. The first kappa shape index (κ1) is 19.0. The average molecular weight is 322 g/mol. The fraction of sp³-hybridized carbons (Fsp3) is 0.529. The van der Waals surface area contributed by atoms with Gasteiger partial charge in [-0.15, -0.1) is 0 Å². The maximum absolute atomic E-state index is 12.1. The average Bonchev–Trinajstić information content (AvgIpc) is 2.53. The summed E-state index contributed by atoms with van der Waals surface area (Å²) >= 11 is 0. The molecule has 6 nitrogen and oxygen atoms in total. The van der Waals surface area contributed by atoms with E-state index >= 15 is 0 Å². The van der Waals surface area contributed by atoms with Gasteiger partial charge in [0.25, 0.3) is 11.8 Å². The lowest BCUT2D eigenvalue weighted by Gasteiger charge is -2.24. The van der Waals surface area contributed by atoms with Crippen molar-refractivity contribution in [1.82, 2.24) is 4.90 Å². The summed E-state index contributed by atoms with van der Waals surface area (Å²) in [7, 11) is 3.39. The van der Waals surface area contributed by atoms with E-state index in [1.54, 1.807) is 43.3 Å². The molecular formula is C17H28N3O3+. The molecule has 128 valence electrons. The zero-order chi connectivity index (χ0) is 17.4. The third-order valence-electron chi connectivity index (χ3n) is 3.85. The molecule has 1 aromatic carbocycles. The second-order valence-corrected chi connectivity index (χ2v) is 5.83. The monoisotopic (exact) mass is 322 g/mol. The third-order valence-corrected chi connectivity index (χ3v) is 3.85. The molecule has 23 heavy (non-hydrogen) atoms. The first-order valence-corrected chi connectivity index (χ1v) is 7.90. The van der Waals surface area contributed by atoms with Gasteiger partial charge >= 0.3 is 0 Å². The van der Waals surface area contributed by atoms with Gasteiger partial charge in [0.15, 0.2) is 13.1 Å². The summed E-state index contributed by atoms with van der Waals surface area (Å²) in [6, 6.07) is 7.33. The Hall–Kier alpha value is -2.08. The van der Waals surface area contributed by atoms with Crippen molar-refractivity contribution in [3.63, 3.8) is 0 Å². The smallest absolute Gasteiger partial charge is 0.279 e. The van der Waals surface area contributed by atoms with Crippen LogP contribution in [0, 0.1) is 0 Å². The molecule has 0 bridgehead atoms. The molecule has 2 amide bonds. The van der Waals surface area contributed by atoms with Crippen LogP contribution >= 0.6 is 0 Å². The minimum Gasteiger partial charge on any atom is -0.497 e. The second kappa shape index (κ2) is 9.15. The molecule has 0 saturated carbocycles. The normalized spacial score (nSPS) is 11.9. The number of quaternary nitrogens is 1. The number of likely N-dealkylation sites (N-methyl/N-ethyl adjacent to an activating group) is 2. The van der Waals surface area contributed by atoms with Crippen LogP contribution in [-0.4, -0.2) is 56.5 Å². The van der Waals surface area contributed by atoms with Crippen molar-refractivity contribution < 1.29 is 19.2 Å². The maximum atomic E-state index is 12.1. The van der Waals surface area contributed by atoms with Crippen LogP contribution in [0.5, 0.6) is 5.75 Å². The Kier molecular flexibility index (Phi) is 7.54. The number of ether oxygens (including phenoxy) is 1. The number of anilines is 1. The summed E-state index contributed by atoms with van der Waals surface area (Å²) in [5.74, 6) is 0.687. The third kappa shape index (κ3) is 6.28. The number of nitrogens with zero attached hydrogens (tertiary/aromatic N) is 1. The van der Waals surface area contributed by atoms with Crippen LogP contribution in [-0.2, 0) is 9.59 Å². The Morgan fingerprint density at radius 3 is 2.30 bits per heavy atom. The molecule has 1 aromatic rings. The lowest BCUT2D eigenvalue weighted by atomic mass is 10.3. The van der Waals surface area contributed by atoms with E-state index in [4.69, 9.17) is 4.74 Å². The van der Waals surface area contributed by atoms with E-state index in [-0.39, 0.29) is 24.4 Å². The zero-order valence-electron chi connectivity index (χ0n) is 14.7. The van der Waals surface area contributed by atoms with Gasteiger partial charge in [-0.25, -0.2) is 0 Å². The predicted octanol–water partition coefficient (Wildman–Crippen LogP) is 0.405. The highest BCUT2D eigenvalue weighted by Crippen LogP contribution is 2.14. The Morgan fingerprint density at radius 1 is 1.22 bits per heavy atom. The fourth-order valence-electron chi connectivity index (χ4n) is 2.05. The number of hydrogen-bond acceptors (Lipinski definition) is 3. The second-order valence-electron chi connectivity index (χ2n) is 5.83. The highest BCUT2D eigenvalue weighted by Gasteiger charge is 2.20. The summed E-state index contributed by atoms with van der Waals surface area (Å²) in [6.07, 6.45) is 0. The lowest BCUT2D eigenvalue weighted by Crippen LogP contribution is -3.14. The highest BCUT2D eigenvalue weighted by atomic mass is 16.5. The molecule has 0 aliphatic heterocycles.